The van der Waals surface area contributed by atoms with Crippen molar-refractivity contribution in [3.63, 3.8) is 0 Å². The second kappa shape index (κ2) is 3.75. The number of para-hydroxylation sites is 1. The minimum atomic E-state index is -0.530. The van der Waals surface area contributed by atoms with E-state index < -0.39 is 5.60 Å². The van der Waals surface area contributed by atoms with Gasteiger partial charge in [0.15, 0.2) is 0 Å². The second-order valence-corrected chi connectivity index (χ2v) is 4.95. The molecule has 0 aliphatic carbocycles. The van der Waals surface area contributed by atoms with Crippen molar-refractivity contribution in [2.45, 2.75) is 18.4 Å². The van der Waals surface area contributed by atoms with Gasteiger partial charge in [-0.3, -0.25) is 0 Å². The van der Waals surface area contributed by atoms with Gasteiger partial charge in [0.25, 0.3) is 0 Å². The van der Waals surface area contributed by atoms with Gasteiger partial charge < -0.3 is 15.3 Å². The molecule has 0 saturated carbocycles. The Balaban J connectivity index is 1.78. The quantitative estimate of drug-likeness (QED) is 0.770. The summed E-state index contributed by atoms with van der Waals surface area (Å²) >= 11 is 0. The number of β-amino-alcohol motifs (C(OH)–C–C–N with tert-alkyl or cyclic N) is 1. The second-order valence-electron chi connectivity index (χ2n) is 4.95. The molecule has 2 N–H and O–H groups in total. The molecule has 0 amide bonds. The van der Waals surface area contributed by atoms with Crippen molar-refractivity contribution in [1.29, 1.82) is 0 Å². The lowest BCUT2D eigenvalue weighted by atomic mass is 10.0. The van der Waals surface area contributed by atoms with Crippen molar-refractivity contribution in [1.82, 2.24) is 5.32 Å². The van der Waals surface area contributed by atoms with Crippen molar-refractivity contribution in [3.8, 4) is 0 Å². The third-order valence-corrected chi connectivity index (χ3v) is 3.69. The van der Waals surface area contributed by atoms with Gasteiger partial charge in [-0.15, -0.1) is 0 Å². The molecular formula is C13H18N2O. The number of nitrogens with zero attached hydrogens (tertiary/aromatic N) is 1. The molecule has 1 fully saturated rings. The van der Waals surface area contributed by atoms with Crippen LogP contribution in [0.5, 0.6) is 0 Å². The predicted octanol–water partition coefficient (Wildman–Crippen LogP) is 0.773. The van der Waals surface area contributed by atoms with E-state index in [4.69, 9.17) is 0 Å². The number of rotatable bonds is 2. The van der Waals surface area contributed by atoms with Crippen LogP contribution in [0.2, 0.25) is 0 Å². The van der Waals surface area contributed by atoms with Gasteiger partial charge in [-0.1, -0.05) is 18.2 Å². The summed E-state index contributed by atoms with van der Waals surface area (Å²) in [7, 11) is 0. The van der Waals surface area contributed by atoms with Crippen LogP contribution in [-0.2, 0) is 6.42 Å². The average Bonchev–Trinajstić information content (AvgIpc) is 2.87. The molecule has 1 unspecified atom stereocenters. The molecule has 1 saturated heterocycles. The zero-order valence-electron chi connectivity index (χ0n) is 9.45. The molecule has 86 valence electrons. The normalized spacial score (nSPS) is 28.4. The molecule has 1 atom stereocenters. The topological polar surface area (TPSA) is 35.5 Å². The Bertz CT molecular complexity index is 385. The maximum Gasteiger partial charge on any atom is 0.0957 e. The minimum Gasteiger partial charge on any atom is -0.387 e. The van der Waals surface area contributed by atoms with Gasteiger partial charge in [-0.2, -0.15) is 0 Å². The van der Waals surface area contributed by atoms with Gasteiger partial charge in [0.1, 0.15) is 0 Å². The van der Waals surface area contributed by atoms with E-state index in [2.05, 4.69) is 34.5 Å². The lowest BCUT2D eigenvalue weighted by molar-refractivity contribution is 0.0688. The zero-order chi connectivity index (χ0) is 11.0. The van der Waals surface area contributed by atoms with E-state index >= 15 is 0 Å². The molecule has 0 aromatic heterocycles. The Kier molecular flexibility index (Phi) is 2.37. The average molecular weight is 218 g/mol. The molecule has 3 heteroatoms. The number of benzene rings is 1. The Morgan fingerprint density at radius 1 is 1.38 bits per heavy atom. The number of aliphatic hydroxyl groups is 1. The number of hydrogen-bond acceptors (Lipinski definition) is 3. The first-order valence-corrected chi connectivity index (χ1v) is 6.03. The van der Waals surface area contributed by atoms with E-state index in [0.717, 1.165) is 39.0 Å². The third-order valence-electron chi connectivity index (χ3n) is 3.69. The molecule has 2 heterocycles. The highest BCUT2D eigenvalue weighted by molar-refractivity contribution is 5.58. The fraction of sp³-hybridized carbons (Fsp3) is 0.538. The fourth-order valence-electron chi connectivity index (χ4n) is 2.79. The van der Waals surface area contributed by atoms with Crippen LogP contribution in [0.4, 0.5) is 5.69 Å². The van der Waals surface area contributed by atoms with Crippen molar-refractivity contribution in [2.24, 2.45) is 0 Å². The van der Waals surface area contributed by atoms with E-state index in [1.165, 1.54) is 11.3 Å². The highest BCUT2D eigenvalue weighted by Gasteiger charge is 2.34. The zero-order valence-corrected chi connectivity index (χ0v) is 9.45. The van der Waals surface area contributed by atoms with Gasteiger partial charge in [-0.05, 0) is 31.0 Å². The monoisotopic (exact) mass is 218 g/mol. The summed E-state index contributed by atoms with van der Waals surface area (Å²) < 4.78 is 0. The standard InChI is InChI=1S/C13H18N2O/c16-13(6-7-14-9-13)10-15-8-5-11-3-1-2-4-12(11)15/h1-4,14,16H,5-10H2. The van der Waals surface area contributed by atoms with E-state index in [0.29, 0.717) is 0 Å². The number of hydrogen-bond donors (Lipinski definition) is 2. The maximum atomic E-state index is 10.4. The molecule has 16 heavy (non-hydrogen) atoms. The highest BCUT2D eigenvalue weighted by Crippen LogP contribution is 2.29. The molecule has 0 bridgehead atoms. The van der Waals surface area contributed by atoms with Gasteiger partial charge in [-0.25, -0.2) is 0 Å². The first-order chi connectivity index (χ1) is 7.77. The number of anilines is 1. The first kappa shape index (κ1) is 10.1. The van der Waals surface area contributed by atoms with Crippen LogP contribution in [0, 0.1) is 0 Å². The molecule has 3 rings (SSSR count). The predicted molar refractivity (Wildman–Crippen MR) is 64.8 cm³/mol. The smallest absolute Gasteiger partial charge is 0.0957 e. The minimum absolute atomic E-state index is 0.530. The summed E-state index contributed by atoms with van der Waals surface area (Å²) in [4.78, 5) is 2.32. The van der Waals surface area contributed by atoms with Crippen LogP contribution in [-0.4, -0.2) is 36.9 Å². The summed E-state index contributed by atoms with van der Waals surface area (Å²) in [6, 6.07) is 8.52. The summed E-state index contributed by atoms with van der Waals surface area (Å²) in [6.45, 7) is 3.47. The summed E-state index contributed by atoms with van der Waals surface area (Å²) in [5.41, 5.74) is 2.19. The van der Waals surface area contributed by atoms with Gasteiger partial charge in [0.2, 0.25) is 0 Å². The molecule has 2 aliphatic rings. The molecule has 2 aliphatic heterocycles. The maximum absolute atomic E-state index is 10.4. The molecule has 3 nitrogen and oxygen atoms in total. The molecule has 1 aromatic carbocycles. The van der Waals surface area contributed by atoms with Crippen LogP contribution in [0.25, 0.3) is 0 Å². The van der Waals surface area contributed by atoms with Crippen LogP contribution in [0.15, 0.2) is 24.3 Å². The van der Waals surface area contributed by atoms with E-state index in [1.807, 2.05) is 0 Å². The van der Waals surface area contributed by atoms with Gasteiger partial charge >= 0.3 is 0 Å². The van der Waals surface area contributed by atoms with Gasteiger partial charge in [0.05, 0.1) is 5.60 Å². The lowest BCUT2D eigenvalue weighted by Crippen LogP contribution is -2.44. The lowest BCUT2D eigenvalue weighted by Gasteiger charge is -2.29. The van der Waals surface area contributed by atoms with E-state index in [1.54, 1.807) is 0 Å². The van der Waals surface area contributed by atoms with E-state index in [-0.39, 0.29) is 0 Å². The Labute approximate surface area is 96.1 Å². The van der Waals surface area contributed by atoms with E-state index in [9.17, 15) is 5.11 Å². The van der Waals surface area contributed by atoms with Crippen LogP contribution in [0.1, 0.15) is 12.0 Å². The molecular weight excluding hydrogens is 200 g/mol. The summed E-state index contributed by atoms with van der Waals surface area (Å²) in [5.74, 6) is 0. The Morgan fingerprint density at radius 2 is 2.25 bits per heavy atom. The number of nitrogens with one attached hydrogen (secondary N) is 1. The fourth-order valence-corrected chi connectivity index (χ4v) is 2.79. The number of fused-ring (bicyclic) bond motifs is 1. The Hall–Kier alpha value is -1.06. The summed E-state index contributed by atoms with van der Waals surface area (Å²) in [5, 5.41) is 13.6. The van der Waals surface area contributed by atoms with Crippen LogP contribution in [0.3, 0.4) is 0 Å². The highest BCUT2D eigenvalue weighted by atomic mass is 16.3. The molecule has 0 spiro atoms. The van der Waals surface area contributed by atoms with Crippen molar-refractivity contribution < 1.29 is 5.11 Å². The Morgan fingerprint density at radius 3 is 3.06 bits per heavy atom. The van der Waals surface area contributed by atoms with Crippen molar-refractivity contribution >= 4 is 5.69 Å². The van der Waals surface area contributed by atoms with Crippen LogP contribution >= 0.6 is 0 Å². The van der Waals surface area contributed by atoms with Gasteiger partial charge in [0, 0.05) is 25.3 Å². The van der Waals surface area contributed by atoms with Crippen molar-refractivity contribution in [3.05, 3.63) is 29.8 Å². The van der Waals surface area contributed by atoms with Crippen LogP contribution < -0.4 is 10.2 Å². The third kappa shape index (κ3) is 1.70. The first-order valence-electron chi connectivity index (χ1n) is 6.03. The largest absolute Gasteiger partial charge is 0.387 e. The summed E-state index contributed by atoms with van der Waals surface area (Å²) in [6.07, 6.45) is 1.98. The van der Waals surface area contributed by atoms with Crippen molar-refractivity contribution in [2.75, 3.05) is 31.1 Å². The molecule has 1 aromatic rings. The molecule has 0 radical (unpaired) electrons. The SMILES string of the molecule is OC1(CN2CCc3ccccc32)CCNC1.